The number of benzene rings is 2. The van der Waals surface area contributed by atoms with Crippen molar-refractivity contribution in [3.8, 4) is 23.0 Å². The van der Waals surface area contributed by atoms with Crippen molar-refractivity contribution in [2.24, 2.45) is 5.14 Å². The molecule has 0 bridgehead atoms. The molecule has 0 aliphatic rings. The van der Waals surface area contributed by atoms with E-state index in [1.165, 1.54) is 0 Å². The molecule has 2 aromatic carbocycles. The Kier molecular flexibility index (Phi) is 9.78. The third-order valence-electron chi connectivity index (χ3n) is 3.93. The minimum Gasteiger partial charge on any atom is -0.493 e. The lowest BCUT2D eigenvalue weighted by atomic mass is 10.1. The first-order valence-corrected chi connectivity index (χ1v) is 9.93. The summed E-state index contributed by atoms with van der Waals surface area (Å²) in [4.78, 5) is 5.14. The molecule has 0 saturated carbocycles. The number of ether oxygens (including phenoxy) is 3. The highest BCUT2D eigenvalue weighted by molar-refractivity contribution is 7.92. The molecule has 0 aliphatic heterocycles. The summed E-state index contributed by atoms with van der Waals surface area (Å²) >= 11 is 0.638. The lowest BCUT2D eigenvalue weighted by molar-refractivity contribution is -0.0796. The second-order valence-corrected chi connectivity index (χ2v) is 6.35. The first-order valence-electron chi connectivity index (χ1n) is 9.13. The van der Waals surface area contributed by atoms with Crippen LogP contribution < -0.4 is 29.6 Å². The van der Waals surface area contributed by atoms with Gasteiger partial charge in [0.05, 0.1) is 13.7 Å². The van der Waals surface area contributed by atoms with E-state index >= 15 is 0 Å². The van der Waals surface area contributed by atoms with Gasteiger partial charge in [0.2, 0.25) is 5.75 Å². The molecule has 8 heteroatoms. The number of methoxy groups -OCH3 is 1. The molecule has 0 aromatic heterocycles. The Labute approximate surface area is 170 Å². The molecule has 1 unspecified atom stereocenters. The summed E-state index contributed by atoms with van der Waals surface area (Å²) in [5, 5.41) is 8.67. The Morgan fingerprint density at radius 2 is 1.79 bits per heavy atom. The second kappa shape index (κ2) is 12.4. The van der Waals surface area contributed by atoms with Crippen LogP contribution in [0.5, 0.6) is 23.0 Å². The van der Waals surface area contributed by atoms with Gasteiger partial charge >= 0.3 is 0 Å². The molecular formula is C20H28N2O5S. The molecule has 2 aromatic rings. The fraction of sp³-hybridized carbons (Fsp3) is 0.400. The minimum absolute atomic E-state index is 0.247. The average Bonchev–Trinajstić information content (AvgIpc) is 2.71. The molecule has 3 N–H and O–H groups in total. The zero-order chi connectivity index (χ0) is 20.2. The summed E-state index contributed by atoms with van der Waals surface area (Å²) in [6, 6.07) is 13.6. The summed E-state index contributed by atoms with van der Waals surface area (Å²) in [5.41, 5.74) is 1.09. The molecule has 28 heavy (non-hydrogen) atoms. The van der Waals surface area contributed by atoms with E-state index in [4.69, 9.17) is 28.6 Å². The van der Waals surface area contributed by atoms with E-state index in [2.05, 4.69) is 12.2 Å². The van der Waals surface area contributed by atoms with Crippen molar-refractivity contribution in [1.82, 2.24) is 5.32 Å². The van der Waals surface area contributed by atoms with Crippen LogP contribution in [-0.2, 0) is 10.8 Å². The van der Waals surface area contributed by atoms with Gasteiger partial charge in [-0.05, 0) is 50.1 Å². The molecule has 0 saturated heterocycles. The maximum Gasteiger partial charge on any atom is 0.208 e. The first-order chi connectivity index (χ1) is 13.7. The Hall–Kier alpha value is -2.13. The summed E-state index contributed by atoms with van der Waals surface area (Å²) in [6.07, 6.45) is 0.811. The van der Waals surface area contributed by atoms with Crippen LogP contribution in [0.3, 0.4) is 0 Å². The van der Waals surface area contributed by atoms with Gasteiger partial charge in [0.1, 0.15) is 18.8 Å². The number of nitrogens with two attached hydrogens (primary N) is 1. The van der Waals surface area contributed by atoms with Gasteiger partial charge in [-0.25, -0.2) is 0 Å². The van der Waals surface area contributed by atoms with Crippen LogP contribution in [0.15, 0.2) is 42.5 Å². The fourth-order valence-corrected chi connectivity index (χ4v) is 2.82. The Morgan fingerprint density at radius 1 is 1.04 bits per heavy atom. The normalized spacial score (nSPS) is 11.7. The van der Waals surface area contributed by atoms with Gasteiger partial charge in [0.25, 0.3) is 0 Å². The maximum atomic E-state index is 5.83. The molecule has 7 nitrogen and oxygen atoms in total. The van der Waals surface area contributed by atoms with E-state index in [1.54, 1.807) is 7.11 Å². The number of para-hydroxylation sites is 2. The largest absolute Gasteiger partial charge is 0.493 e. The molecule has 0 aliphatic carbocycles. The lowest BCUT2D eigenvalue weighted by Gasteiger charge is -2.16. The molecule has 154 valence electrons. The summed E-state index contributed by atoms with van der Waals surface area (Å²) < 4.78 is 21.4. The van der Waals surface area contributed by atoms with Crippen molar-refractivity contribution < 1.29 is 23.4 Å². The summed E-state index contributed by atoms with van der Waals surface area (Å²) in [6.45, 7) is 5.95. The molecule has 0 fully saturated rings. The van der Waals surface area contributed by atoms with Gasteiger partial charge in [0.15, 0.2) is 17.2 Å². The van der Waals surface area contributed by atoms with Gasteiger partial charge in [0, 0.05) is 12.6 Å². The zero-order valence-electron chi connectivity index (χ0n) is 16.5. The lowest BCUT2D eigenvalue weighted by Crippen LogP contribution is -2.31. The van der Waals surface area contributed by atoms with Gasteiger partial charge in [-0.2, -0.15) is 0 Å². The molecule has 0 amide bonds. The summed E-state index contributed by atoms with van der Waals surface area (Å²) in [5.74, 6) is 2.59. The van der Waals surface area contributed by atoms with Crippen molar-refractivity contribution in [2.45, 2.75) is 26.3 Å². The second-order valence-electron chi connectivity index (χ2n) is 6.02. The first kappa shape index (κ1) is 22.2. The van der Waals surface area contributed by atoms with Crippen molar-refractivity contribution in [1.29, 1.82) is 0 Å². The van der Waals surface area contributed by atoms with E-state index in [1.807, 2.05) is 49.4 Å². The summed E-state index contributed by atoms with van der Waals surface area (Å²) in [7, 11) is 1.57. The van der Waals surface area contributed by atoms with Crippen molar-refractivity contribution in [2.75, 3.05) is 26.9 Å². The van der Waals surface area contributed by atoms with Crippen molar-refractivity contribution in [3.05, 3.63) is 48.0 Å². The van der Waals surface area contributed by atoms with Crippen LogP contribution in [0, 0.1) is 0 Å². The Morgan fingerprint density at radius 3 is 2.46 bits per heavy atom. The average molecular weight is 409 g/mol. The standard InChI is InChI=1S/C20H28N2O5S/c1-4-24-18-7-5-6-8-19(18)25-12-11-22-15(2)13-16-9-10-17(23-3)20(14-16)26-27-28-21/h5-10,14-15,22H,4,11-13,21H2,1-3H3. The molecular weight excluding hydrogens is 380 g/mol. The Balaban J connectivity index is 1.80. The monoisotopic (exact) mass is 408 g/mol. The van der Waals surface area contributed by atoms with Crippen molar-refractivity contribution in [3.63, 3.8) is 0 Å². The van der Waals surface area contributed by atoms with E-state index < -0.39 is 0 Å². The van der Waals surface area contributed by atoms with Crippen LogP contribution >= 0.6 is 12.2 Å². The highest BCUT2D eigenvalue weighted by Gasteiger charge is 2.10. The molecule has 0 radical (unpaired) electrons. The van der Waals surface area contributed by atoms with Crippen LogP contribution in [-0.4, -0.2) is 32.9 Å². The molecule has 2 rings (SSSR count). The smallest absolute Gasteiger partial charge is 0.208 e. The topological polar surface area (TPSA) is 84.2 Å². The molecule has 1 atom stereocenters. The number of hydrogen-bond donors (Lipinski definition) is 2. The fourth-order valence-electron chi connectivity index (χ4n) is 2.71. The highest BCUT2D eigenvalue weighted by Crippen LogP contribution is 2.29. The van der Waals surface area contributed by atoms with Crippen LogP contribution in [0.2, 0.25) is 0 Å². The van der Waals surface area contributed by atoms with Gasteiger partial charge < -0.3 is 24.4 Å². The maximum absolute atomic E-state index is 5.83. The van der Waals surface area contributed by atoms with Gasteiger partial charge in [-0.3, -0.25) is 5.14 Å². The number of hydrogen-bond acceptors (Lipinski definition) is 8. The third kappa shape index (κ3) is 7.12. The SMILES string of the molecule is CCOc1ccccc1OCCNC(C)Cc1ccc(OC)c(OOSN)c1. The predicted molar refractivity (Wildman–Crippen MR) is 111 cm³/mol. The third-order valence-corrected chi connectivity index (χ3v) is 4.08. The molecule has 0 heterocycles. The Bertz CT molecular complexity index is 717. The number of rotatable bonds is 13. The van der Waals surface area contributed by atoms with Gasteiger partial charge in [-0.15, -0.1) is 0 Å². The minimum atomic E-state index is 0.247. The highest BCUT2D eigenvalue weighted by atomic mass is 32.2. The van der Waals surface area contributed by atoms with E-state index in [-0.39, 0.29) is 6.04 Å². The van der Waals surface area contributed by atoms with Crippen LogP contribution in [0.25, 0.3) is 0 Å². The van der Waals surface area contributed by atoms with Crippen LogP contribution in [0.1, 0.15) is 19.4 Å². The van der Waals surface area contributed by atoms with Crippen LogP contribution in [0.4, 0.5) is 0 Å². The van der Waals surface area contributed by atoms with E-state index in [0.29, 0.717) is 43.5 Å². The van der Waals surface area contributed by atoms with E-state index in [9.17, 15) is 0 Å². The van der Waals surface area contributed by atoms with Gasteiger partial charge in [-0.1, -0.05) is 22.5 Å². The van der Waals surface area contributed by atoms with E-state index in [0.717, 1.165) is 23.5 Å². The molecule has 0 spiro atoms. The quantitative estimate of drug-likeness (QED) is 0.171. The number of nitrogens with one attached hydrogen (secondary N) is 1. The van der Waals surface area contributed by atoms with Crippen molar-refractivity contribution >= 4 is 12.2 Å². The predicted octanol–water partition coefficient (Wildman–Crippen LogP) is 3.53. The zero-order valence-corrected chi connectivity index (χ0v) is 17.3.